The van der Waals surface area contributed by atoms with Gasteiger partial charge < -0.3 is 30.4 Å². The number of carbonyl (C=O) groups excluding carboxylic acids is 1. The summed E-state index contributed by atoms with van der Waals surface area (Å²) in [5.74, 6) is 7.62. The van der Waals surface area contributed by atoms with Gasteiger partial charge in [-0.25, -0.2) is 4.99 Å². The van der Waals surface area contributed by atoms with Gasteiger partial charge in [0, 0.05) is 42.9 Å². The number of aliphatic imine (C=N–C) groups is 1. The third kappa shape index (κ3) is 2.94. The summed E-state index contributed by atoms with van der Waals surface area (Å²) in [5, 5.41) is 31.3. The lowest BCUT2D eigenvalue weighted by Crippen LogP contribution is -3.19. The van der Waals surface area contributed by atoms with Gasteiger partial charge in [0.05, 0.1) is 32.2 Å². The molecule has 186 valence electrons. The first kappa shape index (κ1) is 23.8. The number of carboxylic acid groups (broad SMARTS) is 1. The minimum atomic E-state index is -1.54. The Hall–Kier alpha value is -1.92. The Morgan fingerprint density at radius 2 is 2.26 bits per heavy atom. The van der Waals surface area contributed by atoms with Crippen LogP contribution in [0.3, 0.4) is 0 Å². The highest BCUT2D eigenvalue weighted by Gasteiger charge is 2.77. The Bertz CT molecular complexity index is 998. The fourth-order valence-electron chi connectivity index (χ4n) is 9.19. The molecule has 5 bridgehead atoms. The quantitative estimate of drug-likeness (QED) is 0.352. The van der Waals surface area contributed by atoms with E-state index in [0.717, 1.165) is 44.0 Å². The molecule has 1 saturated heterocycles. The average Bonchev–Trinajstić information content (AvgIpc) is 3.15. The van der Waals surface area contributed by atoms with Crippen LogP contribution in [0, 0.1) is 46.3 Å². The third-order valence-corrected chi connectivity index (χ3v) is 9.98. The van der Waals surface area contributed by atoms with Crippen LogP contribution in [0.5, 0.6) is 0 Å². The van der Waals surface area contributed by atoms with Crippen LogP contribution in [0.15, 0.2) is 16.1 Å². The maximum absolute atomic E-state index is 12.6. The zero-order chi connectivity index (χ0) is 24.3. The number of hydrogen-bond acceptors (Lipinski definition) is 6. The molecule has 4 N–H and O–H groups in total. The smallest absolute Gasteiger partial charge is 0.296 e. The maximum Gasteiger partial charge on any atom is 0.296 e. The second-order valence-corrected chi connectivity index (χ2v) is 11.2. The molecule has 2 aliphatic heterocycles. The van der Waals surface area contributed by atoms with Crippen molar-refractivity contribution in [2.75, 3.05) is 54.0 Å². The van der Waals surface area contributed by atoms with E-state index in [1.807, 2.05) is 14.1 Å². The Kier molecular flexibility index (Phi) is 5.84. The Morgan fingerprint density at radius 3 is 2.94 bits per heavy atom. The van der Waals surface area contributed by atoms with Crippen LogP contribution in [-0.2, 0) is 9.53 Å². The van der Waals surface area contributed by atoms with Gasteiger partial charge in [-0.3, -0.25) is 4.90 Å². The van der Waals surface area contributed by atoms with Crippen molar-refractivity contribution in [3.8, 4) is 11.8 Å². The maximum atomic E-state index is 12.6. The molecule has 2 saturated carbocycles. The van der Waals surface area contributed by atoms with E-state index >= 15 is 0 Å². The first-order valence-corrected chi connectivity index (χ1v) is 12.6. The molecule has 5 aliphatic rings. The highest BCUT2D eigenvalue weighted by Crippen LogP contribution is 2.77. The number of nitrogens with one attached hydrogen (secondary N) is 3. The van der Waals surface area contributed by atoms with Crippen LogP contribution < -0.4 is 20.6 Å². The predicted octanol–water partition coefficient (Wildman–Crippen LogP) is -1.82. The van der Waals surface area contributed by atoms with Crippen molar-refractivity contribution >= 4 is 11.9 Å². The minimum absolute atomic E-state index is 0.0330. The molecule has 2 spiro atoms. The summed E-state index contributed by atoms with van der Waals surface area (Å²) in [6, 6.07) is 0. The number of carbonyl (C=O) groups is 1. The zero-order valence-corrected chi connectivity index (χ0v) is 20.8. The zero-order valence-electron chi connectivity index (χ0n) is 20.8. The molecular weight excluding hydrogens is 432 g/mol. The highest BCUT2D eigenvalue weighted by molar-refractivity contribution is 5.90. The van der Waals surface area contributed by atoms with Crippen LogP contribution >= 0.6 is 0 Å². The summed E-state index contributed by atoms with van der Waals surface area (Å²) in [7, 11) is 5.35. The largest absolute Gasteiger partial charge is 0.545 e. The van der Waals surface area contributed by atoms with Crippen LogP contribution in [0.4, 0.5) is 0 Å². The number of aliphatic carboxylic acids is 1. The average molecular weight is 471 g/mol. The number of piperidine rings is 1. The lowest BCUT2D eigenvalue weighted by atomic mass is 9.43. The Morgan fingerprint density at radius 1 is 1.47 bits per heavy atom. The number of aliphatic hydroxyl groups is 1. The molecule has 3 fully saturated rings. The molecule has 1 unspecified atom stereocenters. The molecule has 34 heavy (non-hydrogen) atoms. The summed E-state index contributed by atoms with van der Waals surface area (Å²) in [5.41, 5.74) is -1.16. The van der Waals surface area contributed by atoms with Crippen molar-refractivity contribution in [3.05, 3.63) is 11.1 Å². The minimum Gasteiger partial charge on any atom is -0.545 e. The van der Waals surface area contributed by atoms with Gasteiger partial charge in [0.25, 0.3) is 5.96 Å². The van der Waals surface area contributed by atoms with Gasteiger partial charge >= 0.3 is 0 Å². The van der Waals surface area contributed by atoms with E-state index in [2.05, 4.69) is 34.4 Å². The predicted molar refractivity (Wildman–Crippen MR) is 126 cm³/mol. The van der Waals surface area contributed by atoms with Gasteiger partial charge in [-0.2, -0.15) is 0 Å². The number of guanidine groups is 1. The van der Waals surface area contributed by atoms with Gasteiger partial charge in [0.1, 0.15) is 5.60 Å². The number of fused-ring (bicyclic) bond motifs is 1. The highest BCUT2D eigenvalue weighted by atomic mass is 16.5. The molecule has 0 radical (unpaired) electrons. The van der Waals surface area contributed by atoms with E-state index in [1.165, 1.54) is 12.0 Å². The Balaban J connectivity index is 1.80. The van der Waals surface area contributed by atoms with Crippen molar-refractivity contribution in [3.63, 3.8) is 0 Å². The first-order chi connectivity index (χ1) is 16.3. The number of rotatable bonds is 5. The second-order valence-electron chi connectivity index (χ2n) is 11.2. The lowest BCUT2D eigenvalue weighted by molar-refractivity contribution is -0.830. The number of methoxy groups -OCH3 is 1. The van der Waals surface area contributed by atoms with Gasteiger partial charge in [0.15, 0.2) is 0 Å². The molecular formula is C26H38N4O4. The molecule has 0 aromatic heterocycles. The summed E-state index contributed by atoms with van der Waals surface area (Å²) in [6.45, 7) is 5.49. The first-order valence-electron chi connectivity index (χ1n) is 12.6. The molecule has 2 heterocycles. The van der Waals surface area contributed by atoms with Crippen molar-refractivity contribution < 1.29 is 24.6 Å². The molecule has 0 amide bonds. The van der Waals surface area contributed by atoms with E-state index in [-0.39, 0.29) is 35.3 Å². The molecule has 3 aliphatic carbocycles. The molecule has 0 aromatic rings. The fourth-order valence-corrected chi connectivity index (χ4v) is 9.19. The van der Waals surface area contributed by atoms with E-state index < -0.39 is 17.0 Å². The lowest BCUT2D eigenvalue weighted by Gasteiger charge is -2.62. The number of carboxylic acids is 1. The van der Waals surface area contributed by atoms with E-state index in [4.69, 9.17) is 4.74 Å². The van der Waals surface area contributed by atoms with Gasteiger partial charge in [-0.15, -0.1) is 0 Å². The van der Waals surface area contributed by atoms with Gasteiger partial charge in [-0.1, -0.05) is 24.3 Å². The number of allylic oxidation sites excluding steroid dienone is 1. The van der Waals surface area contributed by atoms with E-state index in [0.29, 0.717) is 25.3 Å². The van der Waals surface area contributed by atoms with E-state index in [1.54, 1.807) is 0 Å². The molecule has 8 nitrogen and oxygen atoms in total. The molecule has 5 rings (SSSR count). The van der Waals surface area contributed by atoms with Gasteiger partial charge in [-0.05, 0) is 50.6 Å². The van der Waals surface area contributed by atoms with Gasteiger partial charge in [0.2, 0.25) is 0 Å². The summed E-state index contributed by atoms with van der Waals surface area (Å²) in [4.78, 5) is 18.5. The van der Waals surface area contributed by atoms with Crippen molar-refractivity contribution in [1.29, 1.82) is 0 Å². The van der Waals surface area contributed by atoms with Crippen molar-refractivity contribution in [2.24, 2.45) is 39.5 Å². The standard InChI is InChI=1S/C26H38N4O4/c1-16-10-17-6-5-8-29-23(28-3)30-9-7-18(12-27-2)26(14-30)19(17)11-20-21(22(31)32)24(33,15-34-4)13-25(16,20)26/h16-19,27,33H,7-15H2,1-4H3,(H,28,29)(H,31,32)/t16-,17-,18-,19+,24-,25+,26+/m1/s1. The SMILES string of the molecule is CN=C1NCC#C[C@@H]2C[C@@H](C)[C@@]34C[C@@](O)(COC)C(C(=O)[O-])=C3C[C@@H]2[C@@]42C[NH+]1CC[C@@H]2CNC. The van der Waals surface area contributed by atoms with Crippen LogP contribution in [0.2, 0.25) is 0 Å². The molecule has 0 aromatic carbocycles. The third-order valence-electron chi connectivity index (χ3n) is 9.98. The van der Waals surface area contributed by atoms with Crippen LogP contribution in [0.25, 0.3) is 0 Å². The number of nitrogens with zero attached hydrogens (tertiary/aromatic N) is 1. The molecule has 8 atom stereocenters. The van der Waals surface area contributed by atoms with Crippen LogP contribution in [-0.4, -0.2) is 76.6 Å². The number of hydrogen-bond donors (Lipinski definition) is 4. The van der Waals surface area contributed by atoms with E-state index in [9.17, 15) is 15.0 Å². The van der Waals surface area contributed by atoms with Crippen LogP contribution in [0.1, 0.15) is 32.6 Å². The summed E-state index contributed by atoms with van der Waals surface area (Å²) < 4.78 is 5.40. The summed E-state index contributed by atoms with van der Waals surface area (Å²) >= 11 is 0. The Labute approximate surface area is 202 Å². The summed E-state index contributed by atoms with van der Waals surface area (Å²) in [6.07, 6.45) is 2.98. The number of quaternary nitrogens is 1. The number of ether oxygens (including phenoxy) is 1. The second kappa shape index (κ2) is 8.34. The fraction of sp³-hybridized carbons (Fsp3) is 0.769. The monoisotopic (exact) mass is 470 g/mol. The normalized spacial score (nSPS) is 45.9. The topological polar surface area (TPSA) is 110 Å². The van der Waals surface area contributed by atoms with Crippen molar-refractivity contribution in [1.82, 2.24) is 10.6 Å². The molecule has 8 heteroatoms. The van der Waals surface area contributed by atoms with Crippen molar-refractivity contribution in [2.45, 2.75) is 38.2 Å².